The topological polar surface area (TPSA) is 55.1 Å². The van der Waals surface area contributed by atoms with E-state index >= 15 is 0 Å². The molecule has 0 aromatic heterocycles. The summed E-state index contributed by atoms with van der Waals surface area (Å²) in [7, 11) is 0. The van der Waals surface area contributed by atoms with Crippen molar-refractivity contribution >= 4 is 29.1 Å². The molecule has 5 heteroatoms. The Kier molecular flexibility index (Phi) is 5.30. The molecule has 110 valence electrons. The van der Waals surface area contributed by atoms with E-state index in [1.807, 2.05) is 6.07 Å². The lowest BCUT2D eigenvalue weighted by atomic mass is 9.94. The Hall–Kier alpha value is -0.770. The summed E-state index contributed by atoms with van der Waals surface area (Å²) in [5, 5.41) is 4.17. The summed E-state index contributed by atoms with van der Waals surface area (Å²) < 4.78 is 0. The second-order valence-electron chi connectivity index (χ2n) is 5.58. The van der Waals surface area contributed by atoms with E-state index in [-0.39, 0.29) is 11.4 Å². The molecule has 0 aliphatic heterocycles. The van der Waals surface area contributed by atoms with Crippen LogP contribution in [-0.2, 0) is 11.2 Å². The van der Waals surface area contributed by atoms with Gasteiger partial charge in [0.15, 0.2) is 0 Å². The second kappa shape index (κ2) is 6.79. The third kappa shape index (κ3) is 4.37. The number of amides is 1. The Morgan fingerprint density at radius 3 is 2.65 bits per heavy atom. The molecule has 1 aliphatic carbocycles. The largest absolute Gasteiger partial charge is 0.356 e. The van der Waals surface area contributed by atoms with Gasteiger partial charge in [-0.25, -0.2) is 0 Å². The van der Waals surface area contributed by atoms with Crippen molar-refractivity contribution in [1.29, 1.82) is 0 Å². The van der Waals surface area contributed by atoms with E-state index in [0.29, 0.717) is 29.4 Å². The molecule has 3 N–H and O–H groups in total. The third-order valence-corrected chi connectivity index (χ3v) is 4.43. The van der Waals surface area contributed by atoms with E-state index in [2.05, 4.69) is 5.32 Å². The van der Waals surface area contributed by atoms with Crippen molar-refractivity contribution in [3.05, 3.63) is 33.8 Å². The zero-order chi connectivity index (χ0) is 14.6. The molecule has 0 heterocycles. The van der Waals surface area contributed by atoms with Gasteiger partial charge in [-0.3, -0.25) is 4.79 Å². The number of hydrogen-bond acceptors (Lipinski definition) is 2. The van der Waals surface area contributed by atoms with E-state index in [4.69, 9.17) is 28.9 Å². The summed E-state index contributed by atoms with van der Waals surface area (Å²) in [6.07, 6.45) is 5.27. The summed E-state index contributed by atoms with van der Waals surface area (Å²) in [5.41, 5.74) is 6.88. The monoisotopic (exact) mass is 314 g/mol. The molecule has 20 heavy (non-hydrogen) atoms. The minimum atomic E-state index is -0.290. The highest BCUT2D eigenvalue weighted by atomic mass is 35.5. The summed E-state index contributed by atoms with van der Waals surface area (Å²) in [4.78, 5) is 11.9. The van der Waals surface area contributed by atoms with Gasteiger partial charge in [0.25, 0.3) is 0 Å². The number of benzene rings is 1. The lowest BCUT2D eigenvalue weighted by Gasteiger charge is -2.22. The maximum Gasteiger partial charge on any atom is 0.221 e. The van der Waals surface area contributed by atoms with Crippen molar-refractivity contribution in [1.82, 2.24) is 5.32 Å². The van der Waals surface area contributed by atoms with E-state index in [1.54, 1.807) is 12.1 Å². The Morgan fingerprint density at radius 2 is 2.00 bits per heavy atom. The summed E-state index contributed by atoms with van der Waals surface area (Å²) in [6, 6.07) is 5.41. The first kappa shape index (κ1) is 15.6. The van der Waals surface area contributed by atoms with Crippen LogP contribution in [0.1, 0.15) is 37.7 Å². The first-order valence-electron chi connectivity index (χ1n) is 6.98. The van der Waals surface area contributed by atoms with Crippen LogP contribution in [0.25, 0.3) is 0 Å². The van der Waals surface area contributed by atoms with Gasteiger partial charge in [-0.1, -0.05) is 42.1 Å². The molecule has 0 unspecified atom stereocenters. The molecule has 1 saturated carbocycles. The minimum Gasteiger partial charge on any atom is -0.356 e. The molecule has 0 saturated heterocycles. The van der Waals surface area contributed by atoms with Crippen LogP contribution >= 0.6 is 23.2 Å². The van der Waals surface area contributed by atoms with Crippen molar-refractivity contribution in [2.45, 2.75) is 44.1 Å². The first-order valence-corrected chi connectivity index (χ1v) is 7.74. The van der Waals surface area contributed by atoms with Crippen LogP contribution < -0.4 is 11.1 Å². The molecule has 1 amide bonds. The van der Waals surface area contributed by atoms with Crippen LogP contribution in [0, 0.1) is 0 Å². The highest BCUT2D eigenvalue weighted by Gasteiger charge is 2.31. The smallest absolute Gasteiger partial charge is 0.221 e. The summed E-state index contributed by atoms with van der Waals surface area (Å²) in [6.45, 7) is 0.566. The van der Waals surface area contributed by atoms with Gasteiger partial charge in [-0.2, -0.15) is 0 Å². The number of carbonyl (C=O) groups is 1. The van der Waals surface area contributed by atoms with Gasteiger partial charge in [-0.05, 0) is 37.0 Å². The fraction of sp³-hybridized carbons (Fsp3) is 0.533. The predicted molar refractivity (Wildman–Crippen MR) is 83.2 cm³/mol. The fourth-order valence-corrected chi connectivity index (χ4v) is 3.20. The van der Waals surface area contributed by atoms with Gasteiger partial charge >= 0.3 is 0 Å². The average Bonchev–Trinajstić information content (AvgIpc) is 2.78. The molecule has 0 bridgehead atoms. The number of nitrogens with two attached hydrogens (primary N) is 1. The predicted octanol–water partition coefficient (Wildman–Crippen LogP) is 3.31. The molecule has 1 fully saturated rings. The lowest BCUT2D eigenvalue weighted by molar-refractivity contribution is -0.122. The maximum absolute atomic E-state index is 11.9. The third-order valence-electron chi connectivity index (χ3n) is 3.84. The number of carbonyl (C=O) groups excluding carboxylic acids is 1. The van der Waals surface area contributed by atoms with Crippen molar-refractivity contribution in [3.63, 3.8) is 0 Å². The van der Waals surface area contributed by atoms with Gasteiger partial charge in [0.1, 0.15) is 0 Å². The molecule has 1 aromatic carbocycles. The lowest BCUT2D eigenvalue weighted by Crippen LogP contribution is -2.42. The zero-order valence-electron chi connectivity index (χ0n) is 11.4. The number of halogens is 2. The molecule has 0 atom stereocenters. The van der Waals surface area contributed by atoms with Crippen LogP contribution in [0.3, 0.4) is 0 Å². The quantitative estimate of drug-likeness (QED) is 0.876. The van der Waals surface area contributed by atoms with Crippen molar-refractivity contribution in [2.75, 3.05) is 6.54 Å². The molecular formula is C15H20Cl2N2O. The molecule has 1 aliphatic rings. The summed E-state index contributed by atoms with van der Waals surface area (Å²) in [5.74, 6) is 0.0273. The van der Waals surface area contributed by atoms with Crippen LogP contribution in [0.15, 0.2) is 18.2 Å². The van der Waals surface area contributed by atoms with E-state index < -0.39 is 0 Å². The van der Waals surface area contributed by atoms with Gasteiger partial charge in [0.2, 0.25) is 5.91 Å². The highest BCUT2D eigenvalue weighted by molar-refractivity contribution is 6.35. The number of nitrogens with one attached hydrogen (secondary N) is 1. The standard InChI is InChI=1S/C15H20Cl2N2O/c16-12-4-3-11(13(17)9-12)5-8-19-14(20)10-15(18)6-1-2-7-15/h3-4,9H,1-2,5-8,10,18H2,(H,19,20). The van der Waals surface area contributed by atoms with Crippen molar-refractivity contribution in [2.24, 2.45) is 5.73 Å². The van der Waals surface area contributed by atoms with Gasteiger partial charge in [0.05, 0.1) is 0 Å². The van der Waals surface area contributed by atoms with E-state index in [0.717, 1.165) is 31.2 Å². The van der Waals surface area contributed by atoms with Crippen LogP contribution in [0.5, 0.6) is 0 Å². The highest BCUT2D eigenvalue weighted by Crippen LogP contribution is 2.29. The van der Waals surface area contributed by atoms with Crippen LogP contribution in [0.2, 0.25) is 10.0 Å². The average molecular weight is 315 g/mol. The number of hydrogen-bond donors (Lipinski definition) is 2. The Balaban J connectivity index is 1.76. The maximum atomic E-state index is 11.9. The molecule has 3 nitrogen and oxygen atoms in total. The van der Waals surface area contributed by atoms with Crippen LogP contribution in [0.4, 0.5) is 0 Å². The van der Waals surface area contributed by atoms with E-state index in [1.165, 1.54) is 0 Å². The Bertz CT molecular complexity index is 485. The SMILES string of the molecule is NC1(CC(=O)NCCc2ccc(Cl)cc2Cl)CCCC1. The normalized spacial score (nSPS) is 17.1. The Labute approximate surface area is 129 Å². The molecule has 0 spiro atoms. The Morgan fingerprint density at radius 1 is 1.30 bits per heavy atom. The fourth-order valence-electron chi connectivity index (χ4n) is 2.70. The van der Waals surface area contributed by atoms with Gasteiger partial charge in [0, 0.05) is 28.5 Å². The zero-order valence-corrected chi connectivity index (χ0v) is 12.9. The van der Waals surface area contributed by atoms with Crippen molar-refractivity contribution < 1.29 is 4.79 Å². The minimum absolute atomic E-state index is 0.0273. The van der Waals surface area contributed by atoms with Crippen molar-refractivity contribution in [3.8, 4) is 0 Å². The second-order valence-corrected chi connectivity index (χ2v) is 6.43. The molecular weight excluding hydrogens is 295 g/mol. The molecule has 1 aromatic rings. The van der Waals surface area contributed by atoms with E-state index in [9.17, 15) is 4.79 Å². The molecule has 0 radical (unpaired) electrons. The number of rotatable bonds is 5. The van der Waals surface area contributed by atoms with Gasteiger partial charge in [-0.15, -0.1) is 0 Å². The van der Waals surface area contributed by atoms with Gasteiger partial charge < -0.3 is 11.1 Å². The van der Waals surface area contributed by atoms with Crippen LogP contribution in [-0.4, -0.2) is 18.0 Å². The summed E-state index contributed by atoms with van der Waals surface area (Å²) >= 11 is 11.9. The first-order chi connectivity index (χ1) is 9.48. The molecule has 2 rings (SSSR count).